The third kappa shape index (κ3) is 3.21. The molecule has 0 atom stereocenters. The van der Waals surface area contributed by atoms with Gasteiger partial charge in [-0.1, -0.05) is 21.1 Å². The van der Waals surface area contributed by atoms with Crippen LogP contribution in [0.15, 0.2) is 70.1 Å². The summed E-state index contributed by atoms with van der Waals surface area (Å²) < 4.78 is 11.4. The lowest BCUT2D eigenvalue weighted by atomic mass is 10.1. The Kier molecular flexibility index (Phi) is 4.11. The van der Waals surface area contributed by atoms with Crippen LogP contribution in [0.3, 0.4) is 0 Å². The lowest BCUT2D eigenvalue weighted by Gasteiger charge is -2.12. The van der Waals surface area contributed by atoms with Crippen molar-refractivity contribution in [1.82, 2.24) is 10.1 Å². The Morgan fingerprint density at radius 3 is 2.80 bits per heavy atom. The van der Waals surface area contributed by atoms with E-state index in [1.165, 1.54) is 0 Å². The van der Waals surface area contributed by atoms with Gasteiger partial charge >= 0.3 is 0 Å². The second-order valence-corrected chi connectivity index (χ2v) is 6.42. The van der Waals surface area contributed by atoms with Crippen molar-refractivity contribution in [3.05, 3.63) is 65.6 Å². The summed E-state index contributed by atoms with van der Waals surface area (Å²) in [6.07, 6.45) is 5.08. The number of benzene rings is 2. The number of pyridine rings is 1. The number of fused-ring (bicyclic) bond motifs is 1. The van der Waals surface area contributed by atoms with E-state index in [9.17, 15) is 0 Å². The fourth-order valence-electron chi connectivity index (χ4n) is 2.69. The van der Waals surface area contributed by atoms with Gasteiger partial charge in [-0.05, 0) is 42.0 Å². The number of halogens is 1. The molecule has 0 spiro atoms. The van der Waals surface area contributed by atoms with Crippen molar-refractivity contribution in [2.45, 2.75) is 0 Å². The molecule has 0 aliphatic carbocycles. The number of nitrogens with zero attached hydrogens (tertiary/aromatic N) is 2. The molecule has 0 aliphatic heterocycles. The van der Waals surface area contributed by atoms with Gasteiger partial charge in [-0.15, -0.1) is 0 Å². The summed E-state index contributed by atoms with van der Waals surface area (Å²) >= 11 is 3.52. The number of methoxy groups -OCH3 is 1. The lowest BCUT2D eigenvalue weighted by Crippen LogP contribution is -1.94. The molecule has 25 heavy (non-hydrogen) atoms. The number of nitrogens with one attached hydrogen (secondary N) is 1. The molecule has 0 unspecified atom stereocenters. The van der Waals surface area contributed by atoms with Crippen LogP contribution in [0.5, 0.6) is 5.75 Å². The quantitative estimate of drug-likeness (QED) is 0.500. The Labute approximate surface area is 152 Å². The van der Waals surface area contributed by atoms with Crippen LogP contribution >= 0.6 is 15.9 Å². The molecule has 6 heteroatoms. The Morgan fingerprint density at radius 1 is 1.08 bits per heavy atom. The fourth-order valence-corrected chi connectivity index (χ4v) is 3.05. The zero-order chi connectivity index (χ0) is 17.2. The normalized spacial score (nSPS) is 10.8. The molecule has 0 radical (unpaired) electrons. The SMILES string of the molecule is COc1cc(Nc2ccnc3ccc(Br)cc23)cc(-c2cnoc2)c1. The summed E-state index contributed by atoms with van der Waals surface area (Å²) in [4.78, 5) is 4.41. The van der Waals surface area contributed by atoms with E-state index in [4.69, 9.17) is 9.26 Å². The van der Waals surface area contributed by atoms with E-state index in [1.807, 2.05) is 42.5 Å². The highest BCUT2D eigenvalue weighted by molar-refractivity contribution is 9.10. The Bertz CT molecular complexity index is 1030. The first-order valence-corrected chi connectivity index (χ1v) is 8.42. The molecule has 2 heterocycles. The maximum atomic E-state index is 5.43. The summed E-state index contributed by atoms with van der Waals surface area (Å²) in [5.41, 5.74) is 4.65. The van der Waals surface area contributed by atoms with Gasteiger partial charge in [-0.25, -0.2) is 0 Å². The molecule has 0 aliphatic rings. The molecule has 0 saturated carbocycles. The van der Waals surface area contributed by atoms with Crippen molar-refractivity contribution >= 4 is 38.2 Å². The summed E-state index contributed by atoms with van der Waals surface area (Å²) in [5, 5.41) is 8.26. The zero-order valence-corrected chi connectivity index (χ0v) is 14.9. The summed E-state index contributed by atoms with van der Waals surface area (Å²) in [6, 6.07) is 13.9. The monoisotopic (exact) mass is 395 g/mol. The van der Waals surface area contributed by atoms with Gasteiger partial charge in [0, 0.05) is 39.1 Å². The minimum atomic E-state index is 0.751. The maximum Gasteiger partial charge on any atom is 0.131 e. The van der Waals surface area contributed by atoms with Crippen molar-refractivity contribution in [2.24, 2.45) is 0 Å². The van der Waals surface area contributed by atoms with Crippen LogP contribution in [-0.4, -0.2) is 17.3 Å². The van der Waals surface area contributed by atoms with E-state index in [1.54, 1.807) is 25.8 Å². The van der Waals surface area contributed by atoms with Gasteiger partial charge in [0.15, 0.2) is 0 Å². The van der Waals surface area contributed by atoms with Crippen molar-refractivity contribution in [1.29, 1.82) is 0 Å². The van der Waals surface area contributed by atoms with Crippen LogP contribution in [-0.2, 0) is 0 Å². The van der Waals surface area contributed by atoms with Gasteiger partial charge in [0.2, 0.25) is 0 Å². The molecule has 4 rings (SSSR count). The van der Waals surface area contributed by atoms with Crippen LogP contribution in [0.1, 0.15) is 0 Å². The van der Waals surface area contributed by atoms with Gasteiger partial charge in [-0.2, -0.15) is 0 Å². The van der Waals surface area contributed by atoms with Crippen LogP contribution in [0.2, 0.25) is 0 Å². The first kappa shape index (κ1) is 15.7. The number of anilines is 2. The highest BCUT2D eigenvalue weighted by Crippen LogP contribution is 2.32. The smallest absolute Gasteiger partial charge is 0.131 e. The van der Waals surface area contributed by atoms with Crippen molar-refractivity contribution in [3.63, 3.8) is 0 Å². The van der Waals surface area contributed by atoms with Gasteiger partial charge < -0.3 is 14.6 Å². The topological polar surface area (TPSA) is 60.2 Å². The van der Waals surface area contributed by atoms with Crippen LogP contribution in [0.25, 0.3) is 22.0 Å². The molecule has 5 nitrogen and oxygen atoms in total. The Hall–Kier alpha value is -2.86. The van der Waals surface area contributed by atoms with Gasteiger partial charge in [0.1, 0.15) is 12.0 Å². The Balaban J connectivity index is 1.78. The highest BCUT2D eigenvalue weighted by Gasteiger charge is 2.08. The van der Waals surface area contributed by atoms with Crippen LogP contribution in [0, 0.1) is 0 Å². The summed E-state index contributed by atoms with van der Waals surface area (Å²) in [7, 11) is 1.65. The van der Waals surface area contributed by atoms with Crippen molar-refractivity contribution < 1.29 is 9.26 Å². The van der Waals surface area contributed by atoms with E-state index in [0.717, 1.165) is 43.6 Å². The number of hydrogen-bond acceptors (Lipinski definition) is 5. The first-order valence-electron chi connectivity index (χ1n) is 7.63. The van der Waals surface area contributed by atoms with Gasteiger partial charge in [-0.3, -0.25) is 4.98 Å². The molecular formula is C19H14BrN3O2. The third-order valence-corrected chi connectivity index (χ3v) is 4.38. The molecule has 2 aromatic carbocycles. The molecule has 0 bridgehead atoms. The van der Waals surface area contributed by atoms with E-state index in [2.05, 4.69) is 31.4 Å². The summed E-state index contributed by atoms with van der Waals surface area (Å²) in [5.74, 6) is 0.751. The molecule has 2 aromatic heterocycles. The second-order valence-electron chi connectivity index (χ2n) is 5.51. The molecule has 0 fully saturated rings. The van der Waals surface area contributed by atoms with Gasteiger partial charge in [0.25, 0.3) is 0 Å². The summed E-state index contributed by atoms with van der Waals surface area (Å²) in [6.45, 7) is 0. The number of rotatable bonds is 4. The highest BCUT2D eigenvalue weighted by atomic mass is 79.9. The molecule has 1 N–H and O–H groups in total. The Morgan fingerprint density at radius 2 is 2.00 bits per heavy atom. The predicted octanol–water partition coefficient (Wildman–Crippen LogP) is 5.40. The van der Waals surface area contributed by atoms with Crippen LogP contribution < -0.4 is 10.1 Å². The van der Waals surface area contributed by atoms with E-state index < -0.39 is 0 Å². The number of ether oxygens (including phenoxy) is 1. The van der Waals surface area contributed by atoms with E-state index >= 15 is 0 Å². The fraction of sp³-hybridized carbons (Fsp3) is 0.0526. The van der Waals surface area contributed by atoms with E-state index in [0.29, 0.717) is 0 Å². The van der Waals surface area contributed by atoms with Crippen molar-refractivity contribution in [2.75, 3.05) is 12.4 Å². The van der Waals surface area contributed by atoms with Gasteiger partial charge in [0.05, 0.1) is 18.8 Å². The lowest BCUT2D eigenvalue weighted by molar-refractivity contribution is 0.415. The van der Waals surface area contributed by atoms with Crippen LogP contribution in [0.4, 0.5) is 11.4 Å². The standard InChI is InChI=1S/C19H14BrN3O2/c1-24-16-7-12(13-10-22-25-11-13)6-15(9-16)23-19-4-5-21-18-3-2-14(20)8-17(18)19/h2-11H,1H3,(H,21,23). The zero-order valence-electron chi connectivity index (χ0n) is 13.4. The van der Waals surface area contributed by atoms with E-state index in [-0.39, 0.29) is 0 Å². The first-order chi connectivity index (χ1) is 12.2. The average molecular weight is 396 g/mol. The number of hydrogen-bond donors (Lipinski definition) is 1. The minimum absolute atomic E-state index is 0.751. The average Bonchev–Trinajstić information content (AvgIpc) is 3.17. The molecule has 4 aromatic rings. The third-order valence-electron chi connectivity index (χ3n) is 3.89. The second kappa shape index (κ2) is 6.57. The predicted molar refractivity (Wildman–Crippen MR) is 101 cm³/mol. The molecule has 124 valence electrons. The maximum absolute atomic E-state index is 5.43. The molecule has 0 saturated heterocycles. The van der Waals surface area contributed by atoms with Crippen molar-refractivity contribution in [3.8, 4) is 16.9 Å². The molecule has 0 amide bonds. The largest absolute Gasteiger partial charge is 0.497 e. The molecular weight excluding hydrogens is 382 g/mol. The minimum Gasteiger partial charge on any atom is -0.497 e. The number of aromatic nitrogens is 2.